The van der Waals surface area contributed by atoms with E-state index < -0.39 is 5.82 Å². The van der Waals surface area contributed by atoms with E-state index in [-0.39, 0.29) is 11.5 Å². The van der Waals surface area contributed by atoms with Crippen molar-refractivity contribution in [1.29, 1.82) is 5.26 Å². The van der Waals surface area contributed by atoms with E-state index in [9.17, 15) is 14.4 Å². The van der Waals surface area contributed by atoms with E-state index in [2.05, 4.69) is 21.4 Å². The predicted molar refractivity (Wildman–Crippen MR) is 124 cm³/mol. The summed E-state index contributed by atoms with van der Waals surface area (Å²) in [7, 11) is 0. The van der Waals surface area contributed by atoms with Crippen LogP contribution in [0, 0.1) is 17.1 Å². The number of nitrogens with zero attached hydrogens (tertiary/aromatic N) is 4. The Balaban J connectivity index is 1.64. The number of nitrogen functional groups attached to an aromatic ring is 1. The third kappa shape index (κ3) is 3.89. The second kappa shape index (κ2) is 8.36. The minimum atomic E-state index is -0.454. The molecule has 4 aromatic rings. The maximum atomic E-state index is 14.1. The molecule has 1 aliphatic rings. The van der Waals surface area contributed by atoms with Crippen LogP contribution in [0.4, 0.5) is 16.2 Å². The lowest BCUT2D eigenvalue weighted by atomic mass is 9.91. The second-order valence-corrected chi connectivity index (χ2v) is 8.09. The molecular formula is C25H21FN6O. The van der Waals surface area contributed by atoms with E-state index in [1.54, 1.807) is 6.07 Å². The van der Waals surface area contributed by atoms with Gasteiger partial charge in [0.2, 0.25) is 5.95 Å². The first-order valence-corrected chi connectivity index (χ1v) is 10.8. The molecule has 3 N–H and O–H groups in total. The lowest BCUT2D eigenvalue weighted by molar-refractivity contribution is 0.618. The summed E-state index contributed by atoms with van der Waals surface area (Å²) in [4.78, 5) is 21.6. The molecule has 8 heteroatoms. The van der Waals surface area contributed by atoms with Crippen molar-refractivity contribution in [2.24, 2.45) is 0 Å². The normalized spacial score (nSPS) is 13.1. The fourth-order valence-electron chi connectivity index (χ4n) is 4.31. The van der Waals surface area contributed by atoms with Gasteiger partial charge in [0.1, 0.15) is 23.3 Å². The number of hydrogen-bond acceptors (Lipinski definition) is 6. The van der Waals surface area contributed by atoms with Crippen LogP contribution in [0.15, 0.2) is 59.7 Å². The highest BCUT2D eigenvalue weighted by Gasteiger charge is 2.31. The molecule has 0 amide bonds. The second-order valence-electron chi connectivity index (χ2n) is 8.09. The number of aromatic nitrogens is 3. The van der Waals surface area contributed by atoms with Crippen LogP contribution in [0.1, 0.15) is 35.4 Å². The number of halogens is 1. The SMILES string of the molecule is N#Cc1cnc(N)nc1NCCc1c(-c2ccccc2)c(=O)n2cc(F)ccc2c1C1CC1. The van der Waals surface area contributed by atoms with Crippen molar-refractivity contribution < 1.29 is 4.39 Å². The van der Waals surface area contributed by atoms with Gasteiger partial charge in [-0.05, 0) is 54.0 Å². The number of nitrogens with two attached hydrogens (primary N) is 1. The van der Waals surface area contributed by atoms with Crippen LogP contribution >= 0.6 is 0 Å². The first-order chi connectivity index (χ1) is 16.1. The average molecular weight is 440 g/mol. The number of hydrogen-bond donors (Lipinski definition) is 2. The Morgan fingerprint density at radius 2 is 2.00 bits per heavy atom. The quantitative estimate of drug-likeness (QED) is 0.471. The maximum absolute atomic E-state index is 14.1. The van der Waals surface area contributed by atoms with Gasteiger partial charge in [0.25, 0.3) is 5.56 Å². The molecule has 0 saturated heterocycles. The summed E-state index contributed by atoms with van der Waals surface area (Å²) in [6.07, 6.45) is 5.23. The van der Waals surface area contributed by atoms with Gasteiger partial charge in [0.15, 0.2) is 0 Å². The highest BCUT2D eigenvalue weighted by molar-refractivity contribution is 5.75. The van der Waals surface area contributed by atoms with Crippen LogP contribution in [-0.4, -0.2) is 20.9 Å². The summed E-state index contributed by atoms with van der Waals surface area (Å²) < 4.78 is 15.5. The van der Waals surface area contributed by atoms with E-state index in [0.717, 1.165) is 35.0 Å². The molecule has 3 heterocycles. The molecule has 1 aromatic carbocycles. The Labute approximate surface area is 189 Å². The van der Waals surface area contributed by atoms with Crippen molar-refractivity contribution >= 4 is 17.3 Å². The molecule has 164 valence electrons. The first kappa shape index (κ1) is 20.6. The van der Waals surface area contributed by atoms with Gasteiger partial charge in [-0.15, -0.1) is 0 Å². The van der Waals surface area contributed by atoms with E-state index in [4.69, 9.17) is 5.73 Å². The van der Waals surface area contributed by atoms with Gasteiger partial charge in [0, 0.05) is 12.7 Å². The van der Waals surface area contributed by atoms with Crippen molar-refractivity contribution in [3.8, 4) is 17.2 Å². The van der Waals surface area contributed by atoms with Gasteiger partial charge in [-0.3, -0.25) is 9.20 Å². The van der Waals surface area contributed by atoms with Gasteiger partial charge in [0.05, 0.1) is 17.3 Å². The fourth-order valence-corrected chi connectivity index (χ4v) is 4.31. The third-order valence-corrected chi connectivity index (χ3v) is 5.89. The smallest absolute Gasteiger partial charge is 0.263 e. The van der Waals surface area contributed by atoms with Crippen LogP contribution in [0.5, 0.6) is 0 Å². The Hall–Kier alpha value is -4.25. The highest BCUT2D eigenvalue weighted by atomic mass is 19.1. The van der Waals surface area contributed by atoms with Crippen LogP contribution in [0.3, 0.4) is 0 Å². The van der Waals surface area contributed by atoms with Crippen LogP contribution in [0.25, 0.3) is 16.6 Å². The average Bonchev–Trinajstić information content (AvgIpc) is 3.66. The zero-order valence-electron chi connectivity index (χ0n) is 17.8. The van der Waals surface area contributed by atoms with Crippen LogP contribution in [-0.2, 0) is 6.42 Å². The number of rotatable bonds is 6. The van der Waals surface area contributed by atoms with Crippen LogP contribution in [0.2, 0.25) is 0 Å². The van der Waals surface area contributed by atoms with Crippen LogP contribution < -0.4 is 16.6 Å². The molecule has 33 heavy (non-hydrogen) atoms. The third-order valence-electron chi connectivity index (χ3n) is 5.89. The van der Waals surface area contributed by atoms with Crippen molar-refractivity contribution in [2.75, 3.05) is 17.6 Å². The summed E-state index contributed by atoms with van der Waals surface area (Å²) in [6.45, 7) is 0.432. The molecule has 1 saturated carbocycles. The Morgan fingerprint density at radius 1 is 1.21 bits per heavy atom. The minimum absolute atomic E-state index is 0.0751. The van der Waals surface area contributed by atoms with Gasteiger partial charge < -0.3 is 11.1 Å². The minimum Gasteiger partial charge on any atom is -0.368 e. The van der Waals surface area contributed by atoms with Crippen molar-refractivity contribution in [2.45, 2.75) is 25.2 Å². The largest absolute Gasteiger partial charge is 0.368 e. The molecular weight excluding hydrogens is 419 g/mol. The molecule has 1 fully saturated rings. The van der Waals surface area contributed by atoms with E-state index >= 15 is 0 Å². The summed E-state index contributed by atoms with van der Waals surface area (Å²) in [5.41, 5.74) is 9.86. The highest BCUT2D eigenvalue weighted by Crippen LogP contribution is 2.45. The zero-order valence-corrected chi connectivity index (χ0v) is 17.8. The topological polar surface area (TPSA) is 109 Å². The lowest BCUT2D eigenvalue weighted by Crippen LogP contribution is -2.22. The number of fused-ring (bicyclic) bond motifs is 1. The van der Waals surface area contributed by atoms with Gasteiger partial charge in [-0.2, -0.15) is 10.2 Å². The van der Waals surface area contributed by atoms with E-state index in [0.29, 0.717) is 35.8 Å². The molecule has 0 bridgehead atoms. The molecule has 0 unspecified atom stereocenters. The molecule has 3 aromatic heterocycles. The maximum Gasteiger partial charge on any atom is 0.263 e. The lowest BCUT2D eigenvalue weighted by Gasteiger charge is -2.19. The molecule has 0 radical (unpaired) electrons. The molecule has 7 nitrogen and oxygen atoms in total. The predicted octanol–water partition coefficient (Wildman–Crippen LogP) is 3.88. The monoisotopic (exact) mass is 440 g/mol. The zero-order chi connectivity index (χ0) is 22.9. The van der Waals surface area contributed by atoms with Crippen molar-refractivity contribution in [1.82, 2.24) is 14.4 Å². The Kier molecular flexibility index (Phi) is 5.23. The number of anilines is 2. The molecule has 0 atom stereocenters. The summed E-state index contributed by atoms with van der Waals surface area (Å²) >= 11 is 0. The van der Waals surface area contributed by atoms with Crippen molar-refractivity contribution in [3.05, 3.63) is 87.7 Å². The number of pyridine rings is 2. The number of nitriles is 1. The summed E-state index contributed by atoms with van der Waals surface area (Å²) in [6, 6.07) is 14.6. The summed E-state index contributed by atoms with van der Waals surface area (Å²) in [5, 5.41) is 12.5. The van der Waals surface area contributed by atoms with Crippen molar-refractivity contribution in [3.63, 3.8) is 0 Å². The van der Waals surface area contributed by atoms with Gasteiger partial charge in [-0.1, -0.05) is 30.3 Å². The standard InChI is InChI=1S/C25H21FN6O/c26-18-8-9-20-21(16-6-7-16)19(10-11-29-23-17(12-27)13-30-25(28)31-23)22(24(33)32(20)14-18)15-4-2-1-3-5-15/h1-5,8-9,13-14,16H,6-7,10-11H2,(H3,28,29,30,31). The Morgan fingerprint density at radius 3 is 2.73 bits per heavy atom. The molecule has 5 rings (SSSR count). The first-order valence-electron chi connectivity index (χ1n) is 10.8. The summed E-state index contributed by atoms with van der Waals surface area (Å²) in [5.74, 6) is 0.308. The fraction of sp³-hybridized carbons (Fsp3) is 0.200. The number of benzene rings is 1. The van der Waals surface area contributed by atoms with E-state index in [1.165, 1.54) is 22.9 Å². The van der Waals surface area contributed by atoms with Gasteiger partial charge in [-0.25, -0.2) is 9.37 Å². The number of nitrogens with one attached hydrogen (secondary N) is 1. The van der Waals surface area contributed by atoms with E-state index in [1.807, 2.05) is 30.3 Å². The molecule has 1 aliphatic carbocycles. The molecule has 0 aliphatic heterocycles. The Bertz CT molecular complexity index is 1450. The van der Waals surface area contributed by atoms with Gasteiger partial charge >= 0.3 is 0 Å². The molecule has 0 spiro atoms.